The summed E-state index contributed by atoms with van der Waals surface area (Å²) in [7, 11) is 3.44. The molecule has 0 unspecified atom stereocenters. The number of aromatic nitrogens is 2. The van der Waals surface area contributed by atoms with Crippen LogP contribution in [0.15, 0.2) is 24.3 Å². The van der Waals surface area contributed by atoms with Gasteiger partial charge in [0, 0.05) is 22.2 Å². The minimum atomic E-state index is 0.0482. The van der Waals surface area contributed by atoms with Gasteiger partial charge >= 0.3 is 0 Å². The highest BCUT2D eigenvalue weighted by Crippen LogP contribution is 2.37. The molecular weight excluding hydrogens is 388 g/mol. The van der Waals surface area contributed by atoms with E-state index in [0.717, 1.165) is 40.9 Å². The maximum atomic E-state index is 9.18. The van der Waals surface area contributed by atoms with Crippen LogP contribution in [-0.2, 0) is 32.3 Å². The second kappa shape index (κ2) is 7.97. The second-order valence-corrected chi connectivity index (χ2v) is 8.62. The minimum Gasteiger partial charge on any atom is -0.496 e. The molecule has 2 aromatic heterocycles. The number of aliphatic hydroxyl groups is 1. The normalized spacial score (nSPS) is 14.5. The van der Waals surface area contributed by atoms with Crippen molar-refractivity contribution in [2.75, 3.05) is 14.2 Å². The molecule has 31 heavy (non-hydrogen) atoms. The molecule has 0 radical (unpaired) electrons. The number of rotatable bonds is 3. The number of aromatic amines is 2. The van der Waals surface area contributed by atoms with E-state index in [1.807, 2.05) is 6.07 Å². The Balaban J connectivity index is 0.000000132. The third kappa shape index (κ3) is 3.37. The lowest BCUT2D eigenvalue weighted by molar-refractivity contribution is 0.278. The molecule has 162 valence electrons. The van der Waals surface area contributed by atoms with Gasteiger partial charge in [-0.3, -0.25) is 0 Å². The van der Waals surface area contributed by atoms with Crippen molar-refractivity contribution in [2.24, 2.45) is 0 Å². The van der Waals surface area contributed by atoms with Crippen molar-refractivity contribution in [1.29, 1.82) is 0 Å². The van der Waals surface area contributed by atoms with Crippen LogP contribution in [0.5, 0.6) is 11.5 Å². The molecule has 2 heterocycles. The minimum absolute atomic E-state index is 0.0482. The average Bonchev–Trinajstić information content (AvgIpc) is 3.56. The Morgan fingerprint density at radius 3 is 1.87 bits per heavy atom. The van der Waals surface area contributed by atoms with Crippen molar-refractivity contribution in [3.63, 3.8) is 0 Å². The van der Waals surface area contributed by atoms with E-state index >= 15 is 0 Å². The van der Waals surface area contributed by atoms with Crippen molar-refractivity contribution in [2.45, 2.75) is 52.1 Å². The van der Waals surface area contributed by atoms with Gasteiger partial charge in [-0.2, -0.15) is 0 Å². The Bertz CT molecular complexity index is 1270. The first-order valence-corrected chi connectivity index (χ1v) is 11.1. The molecule has 5 heteroatoms. The van der Waals surface area contributed by atoms with Crippen molar-refractivity contribution < 1.29 is 14.6 Å². The summed E-state index contributed by atoms with van der Waals surface area (Å²) in [5.41, 5.74) is 10.2. The molecule has 2 aliphatic carbocycles. The Labute approximate surface area is 182 Å². The molecule has 0 aliphatic heterocycles. The van der Waals surface area contributed by atoms with Gasteiger partial charge in [-0.1, -0.05) is 0 Å². The van der Waals surface area contributed by atoms with E-state index in [1.54, 1.807) is 14.2 Å². The molecule has 0 spiro atoms. The number of hydrogen-bond acceptors (Lipinski definition) is 3. The number of nitrogens with one attached hydrogen (secondary N) is 2. The van der Waals surface area contributed by atoms with Crippen LogP contribution in [0, 0.1) is 6.92 Å². The molecule has 0 fully saturated rings. The molecule has 2 aliphatic rings. The van der Waals surface area contributed by atoms with Gasteiger partial charge in [-0.15, -0.1) is 0 Å². The topological polar surface area (TPSA) is 70.3 Å². The summed E-state index contributed by atoms with van der Waals surface area (Å²) in [6.07, 6.45) is 7.15. The van der Waals surface area contributed by atoms with Gasteiger partial charge in [-0.25, -0.2) is 0 Å². The SMILES string of the molecule is COc1cc2c(c3[nH]c(C)cc13)CCC2.COc1cc2c(c3[nH]c(CO)cc13)CCC2. The summed E-state index contributed by atoms with van der Waals surface area (Å²) in [5, 5.41) is 11.5. The van der Waals surface area contributed by atoms with Gasteiger partial charge in [0.1, 0.15) is 11.5 Å². The number of benzene rings is 2. The lowest BCUT2D eigenvalue weighted by Crippen LogP contribution is -1.90. The van der Waals surface area contributed by atoms with E-state index < -0.39 is 0 Å². The number of hydrogen-bond donors (Lipinski definition) is 3. The fourth-order valence-corrected chi connectivity index (χ4v) is 5.28. The first kappa shape index (κ1) is 20.0. The van der Waals surface area contributed by atoms with Crippen LogP contribution in [-0.4, -0.2) is 29.3 Å². The van der Waals surface area contributed by atoms with Crippen LogP contribution in [0.3, 0.4) is 0 Å². The van der Waals surface area contributed by atoms with E-state index in [1.165, 1.54) is 64.5 Å². The summed E-state index contributed by atoms with van der Waals surface area (Å²) in [4.78, 5) is 6.74. The largest absolute Gasteiger partial charge is 0.496 e. The van der Waals surface area contributed by atoms with Gasteiger partial charge in [0.15, 0.2) is 0 Å². The Kier molecular flexibility index (Phi) is 5.14. The number of aryl methyl sites for hydroxylation is 5. The standard InChI is InChI=1S/C13H15NO2.C13H15NO/c1-16-12-5-8-3-2-4-10(8)13-11(12)6-9(7-15)14-13;1-8-6-11-12(15-2)7-9-4-3-5-10(9)13(11)14-8/h5-6,14-15H,2-4,7H2,1H3;6-7,14H,3-5H2,1-2H3. The van der Waals surface area contributed by atoms with Crippen LogP contribution in [0.1, 0.15) is 46.5 Å². The zero-order valence-corrected chi connectivity index (χ0v) is 18.5. The van der Waals surface area contributed by atoms with Gasteiger partial charge in [0.05, 0.1) is 31.9 Å². The number of H-pyrrole nitrogens is 2. The molecule has 0 saturated heterocycles. The summed E-state index contributed by atoms with van der Waals surface area (Å²) in [5.74, 6) is 1.92. The molecular formula is C26H30N2O3. The predicted octanol–water partition coefficient (Wildman–Crippen LogP) is 5.13. The number of aliphatic hydroxyl groups excluding tert-OH is 1. The zero-order valence-electron chi connectivity index (χ0n) is 18.5. The van der Waals surface area contributed by atoms with E-state index in [4.69, 9.17) is 9.47 Å². The smallest absolute Gasteiger partial charge is 0.128 e. The summed E-state index contributed by atoms with van der Waals surface area (Å²) in [6.45, 7) is 2.15. The number of methoxy groups -OCH3 is 2. The number of fused-ring (bicyclic) bond motifs is 6. The highest BCUT2D eigenvalue weighted by molar-refractivity contribution is 5.91. The Morgan fingerprint density at radius 1 is 0.774 bits per heavy atom. The quantitative estimate of drug-likeness (QED) is 0.432. The molecule has 3 N–H and O–H groups in total. The molecule has 5 nitrogen and oxygen atoms in total. The van der Waals surface area contributed by atoms with Crippen molar-refractivity contribution in [1.82, 2.24) is 9.97 Å². The van der Waals surface area contributed by atoms with Crippen LogP contribution in [0.2, 0.25) is 0 Å². The third-order valence-corrected chi connectivity index (χ3v) is 6.70. The van der Waals surface area contributed by atoms with Crippen molar-refractivity contribution in [3.8, 4) is 11.5 Å². The first-order valence-electron chi connectivity index (χ1n) is 11.1. The highest BCUT2D eigenvalue weighted by atomic mass is 16.5. The maximum Gasteiger partial charge on any atom is 0.128 e. The second-order valence-electron chi connectivity index (χ2n) is 8.62. The molecule has 2 aromatic carbocycles. The average molecular weight is 419 g/mol. The molecule has 0 saturated carbocycles. The van der Waals surface area contributed by atoms with E-state index in [0.29, 0.717) is 0 Å². The van der Waals surface area contributed by atoms with Crippen molar-refractivity contribution >= 4 is 21.8 Å². The van der Waals surface area contributed by atoms with Gasteiger partial charge in [0.25, 0.3) is 0 Å². The molecule has 0 amide bonds. The van der Waals surface area contributed by atoms with Gasteiger partial charge in [-0.05, 0) is 92.0 Å². The van der Waals surface area contributed by atoms with Crippen LogP contribution in [0.25, 0.3) is 21.8 Å². The van der Waals surface area contributed by atoms with E-state index in [2.05, 4.69) is 35.1 Å². The third-order valence-electron chi connectivity index (χ3n) is 6.70. The molecule has 0 atom stereocenters. The lowest BCUT2D eigenvalue weighted by Gasteiger charge is -2.06. The maximum absolute atomic E-state index is 9.18. The predicted molar refractivity (Wildman–Crippen MR) is 124 cm³/mol. The molecule has 0 bridgehead atoms. The van der Waals surface area contributed by atoms with Crippen LogP contribution < -0.4 is 9.47 Å². The summed E-state index contributed by atoms with van der Waals surface area (Å²) < 4.78 is 10.9. The first-order chi connectivity index (χ1) is 15.1. The van der Waals surface area contributed by atoms with Gasteiger partial charge < -0.3 is 24.5 Å². The summed E-state index contributed by atoms with van der Waals surface area (Å²) >= 11 is 0. The molecule has 4 aromatic rings. The fraction of sp³-hybridized carbons (Fsp3) is 0.385. The molecule has 6 rings (SSSR count). The summed E-state index contributed by atoms with van der Waals surface area (Å²) in [6, 6.07) is 8.50. The lowest BCUT2D eigenvalue weighted by atomic mass is 10.1. The monoisotopic (exact) mass is 418 g/mol. The Hall–Kier alpha value is -2.92. The highest BCUT2D eigenvalue weighted by Gasteiger charge is 2.19. The van der Waals surface area contributed by atoms with E-state index in [-0.39, 0.29) is 6.61 Å². The van der Waals surface area contributed by atoms with Gasteiger partial charge in [0.2, 0.25) is 0 Å². The van der Waals surface area contributed by atoms with E-state index in [9.17, 15) is 5.11 Å². The van der Waals surface area contributed by atoms with Crippen LogP contribution >= 0.6 is 0 Å². The fourth-order valence-electron chi connectivity index (χ4n) is 5.28. The number of ether oxygens (including phenoxy) is 2. The zero-order chi connectivity index (χ0) is 21.5. The van der Waals surface area contributed by atoms with Crippen LogP contribution in [0.4, 0.5) is 0 Å². The Morgan fingerprint density at radius 2 is 1.32 bits per heavy atom. The van der Waals surface area contributed by atoms with Crippen molar-refractivity contribution in [3.05, 3.63) is 57.9 Å².